The zero-order valence-electron chi connectivity index (χ0n) is 12.6. The minimum atomic E-state index is -0.326. The summed E-state index contributed by atoms with van der Waals surface area (Å²) >= 11 is 1.48. The van der Waals surface area contributed by atoms with Gasteiger partial charge in [0.25, 0.3) is 0 Å². The van der Waals surface area contributed by atoms with Crippen LogP contribution < -0.4 is 10.6 Å². The first-order valence-electron chi connectivity index (χ1n) is 6.95. The molecule has 1 aromatic rings. The van der Waals surface area contributed by atoms with Crippen molar-refractivity contribution in [2.24, 2.45) is 0 Å². The van der Waals surface area contributed by atoms with Crippen LogP contribution >= 0.6 is 11.8 Å². The molecule has 0 unspecified atom stereocenters. The number of para-hydroxylation sites is 1. The van der Waals surface area contributed by atoms with E-state index in [0.717, 1.165) is 16.8 Å². The SMILES string of the molecule is Cc1cccc(C)c1NC(=O)CNC(=O)CN1CSCC1=O. The van der Waals surface area contributed by atoms with Gasteiger partial charge in [0.1, 0.15) is 6.54 Å². The Balaban J connectivity index is 1.80. The number of carbonyl (C=O) groups excluding carboxylic acids is 3. The van der Waals surface area contributed by atoms with E-state index < -0.39 is 0 Å². The van der Waals surface area contributed by atoms with Gasteiger partial charge in [0.15, 0.2) is 0 Å². The first-order valence-corrected chi connectivity index (χ1v) is 8.11. The fourth-order valence-corrected chi connectivity index (χ4v) is 3.05. The van der Waals surface area contributed by atoms with Gasteiger partial charge in [0, 0.05) is 5.69 Å². The molecule has 0 radical (unpaired) electrons. The molecule has 0 bridgehead atoms. The van der Waals surface area contributed by atoms with Crippen molar-refractivity contribution in [2.75, 3.05) is 30.0 Å². The molecule has 1 aliphatic rings. The molecule has 0 saturated carbocycles. The molecule has 1 saturated heterocycles. The van der Waals surface area contributed by atoms with Gasteiger partial charge in [-0.25, -0.2) is 0 Å². The van der Waals surface area contributed by atoms with Crippen LogP contribution in [0, 0.1) is 13.8 Å². The molecule has 118 valence electrons. The Hall–Kier alpha value is -2.02. The second-order valence-corrected chi connectivity index (χ2v) is 6.12. The number of nitrogens with one attached hydrogen (secondary N) is 2. The second-order valence-electron chi connectivity index (χ2n) is 5.16. The predicted molar refractivity (Wildman–Crippen MR) is 86.6 cm³/mol. The van der Waals surface area contributed by atoms with Crippen molar-refractivity contribution >= 4 is 35.2 Å². The van der Waals surface area contributed by atoms with Crippen LogP contribution in [0.3, 0.4) is 0 Å². The fourth-order valence-electron chi connectivity index (χ4n) is 2.14. The molecule has 1 fully saturated rings. The minimum Gasteiger partial charge on any atom is -0.345 e. The van der Waals surface area contributed by atoms with Crippen LogP contribution in [0.2, 0.25) is 0 Å². The summed E-state index contributed by atoms with van der Waals surface area (Å²) in [7, 11) is 0. The maximum atomic E-state index is 11.9. The van der Waals surface area contributed by atoms with Crippen LogP contribution in [0.5, 0.6) is 0 Å². The van der Waals surface area contributed by atoms with Crippen LogP contribution in [-0.2, 0) is 14.4 Å². The van der Waals surface area contributed by atoms with E-state index in [4.69, 9.17) is 0 Å². The van der Waals surface area contributed by atoms with Gasteiger partial charge in [-0.05, 0) is 25.0 Å². The van der Waals surface area contributed by atoms with Crippen molar-refractivity contribution in [2.45, 2.75) is 13.8 Å². The lowest BCUT2D eigenvalue weighted by Crippen LogP contribution is -2.41. The maximum absolute atomic E-state index is 11.9. The van der Waals surface area contributed by atoms with E-state index in [9.17, 15) is 14.4 Å². The Bertz CT molecular complexity index is 583. The van der Waals surface area contributed by atoms with Crippen molar-refractivity contribution in [3.05, 3.63) is 29.3 Å². The first kappa shape index (κ1) is 16.4. The van der Waals surface area contributed by atoms with Crippen molar-refractivity contribution in [3.63, 3.8) is 0 Å². The number of aryl methyl sites for hydroxylation is 2. The smallest absolute Gasteiger partial charge is 0.243 e. The molecule has 3 amide bonds. The molecule has 1 aromatic carbocycles. The molecule has 7 heteroatoms. The van der Waals surface area contributed by atoms with E-state index in [0.29, 0.717) is 11.6 Å². The monoisotopic (exact) mass is 321 g/mol. The second kappa shape index (κ2) is 7.31. The highest BCUT2D eigenvalue weighted by Gasteiger charge is 2.22. The van der Waals surface area contributed by atoms with Crippen molar-refractivity contribution in [1.82, 2.24) is 10.2 Å². The van der Waals surface area contributed by atoms with E-state index in [2.05, 4.69) is 10.6 Å². The zero-order valence-corrected chi connectivity index (χ0v) is 13.5. The molecule has 22 heavy (non-hydrogen) atoms. The van der Waals surface area contributed by atoms with Crippen molar-refractivity contribution < 1.29 is 14.4 Å². The lowest BCUT2D eigenvalue weighted by molar-refractivity contribution is -0.132. The number of carbonyl (C=O) groups is 3. The summed E-state index contributed by atoms with van der Waals surface area (Å²) in [5, 5.41) is 5.33. The zero-order chi connectivity index (χ0) is 16.1. The van der Waals surface area contributed by atoms with Crippen LogP contribution in [0.4, 0.5) is 5.69 Å². The third-order valence-corrected chi connectivity index (χ3v) is 4.30. The van der Waals surface area contributed by atoms with Gasteiger partial charge in [-0.3, -0.25) is 14.4 Å². The summed E-state index contributed by atoms with van der Waals surface area (Å²) in [6.45, 7) is 3.72. The topological polar surface area (TPSA) is 78.5 Å². The Morgan fingerprint density at radius 1 is 1.23 bits per heavy atom. The van der Waals surface area contributed by atoms with Crippen molar-refractivity contribution in [3.8, 4) is 0 Å². The molecule has 0 atom stereocenters. The Labute approximate surface area is 133 Å². The average Bonchev–Trinajstić information content (AvgIpc) is 2.86. The number of anilines is 1. The Morgan fingerprint density at radius 2 is 1.91 bits per heavy atom. The molecular weight excluding hydrogens is 302 g/mol. The van der Waals surface area contributed by atoms with Gasteiger partial charge in [0.2, 0.25) is 17.7 Å². The number of thioether (sulfide) groups is 1. The largest absolute Gasteiger partial charge is 0.345 e. The third kappa shape index (κ3) is 4.24. The normalized spacial score (nSPS) is 14.1. The van der Waals surface area contributed by atoms with E-state index >= 15 is 0 Å². The molecule has 0 spiro atoms. The van der Waals surface area contributed by atoms with Crippen LogP contribution in [-0.4, -0.2) is 47.3 Å². The molecular formula is C15H19N3O3S. The van der Waals surface area contributed by atoms with Crippen LogP contribution in [0.1, 0.15) is 11.1 Å². The number of nitrogens with zero attached hydrogens (tertiary/aromatic N) is 1. The fraction of sp³-hybridized carbons (Fsp3) is 0.400. The number of hydrogen-bond acceptors (Lipinski definition) is 4. The van der Waals surface area contributed by atoms with E-state index in [1.54, 1.807) is 0 Å². The highest BCUT2D eigenvalue weighted by molar-refractivity contribution is 8.00. The molecule has 1 heterocycles. The first-order chi connectivity index (χ1) is 10.5. The van der Waals surface area contributed by atoms with Crippen molar-refractivity contribution in [1.29, 1.82) is 0 Å². The van der Waals surface area contributed by atoms with Gasteiger partial charge in [-0.2, -0.15) is 0 Å². The minimum absolute atomic E-state index is 0.00249. The number of rotatable bonds is 5. The molecule has 1 aliphatic heterocycles. The number of benzene rings is 1. The lowest BCUT2D eigenvalue weighted by Gasteiger charge is -2.15. The molecule has 0 aliphatic carbocycles. The van der Waals surface area contributed by atoms with Gasteiger partial charge in [-0.1, -0.05) is 18.2 Å². The summed E-state index contributed by atoms with van der Waals surface area (Å²) in [6.07, 6.45) is 0. The summed E-state index contributed by atoms with van der Waals surface area (Å²) in [5.74, 6) is 0.293. The maximum Gasteiger partial charge on any atom is 0.243 e. The van der Waals surface area contributed by atoms with E-state index in [1.807, 2.05) is 32.0 Å². The Morgan fingerprint density at radius 3 is 2.50 bits per heavy atom. The lowest BCUT2D eigenvalue weighted by atomic mass is 10.1. The Kier molecular flexibility index (Phi) is 5.43. The van der Waals surface area contributed by atoms with Gasteiger partial charge in [-0.15, -0.1) is 11.8 Å². The van der Waals surface area contributed by atoms with Gasteiger partial charge >= 0.3 is 0 Å². The van der Waals surface area contributed by atoms with E-state index in [1.165, 1.54) is 16.7 Å². The molecule has 6 nitrogen and oxygen atoms in total. The van der Waals surface area contributed by atoms with Crippen LogP contribution in [0.25, 0.3) is 0 Å². The molecule has 2 rings (SSSR count). The van der Waals surface area contributed by atoms with Gasteiger partial charge in [0.05, 0.1) is 18.2 Å². The third-order valence-electron chi connectivity index (χ3n) is 3.35. The molecule has 0 aromatic heterocycles. The predicted octanol–water partition coefficient (Wildman–Crippen LogP) is 0.891. The standard InChI is InChI=1S/C15H19N3O3S/c1-10-4-3-5-11(2)15(10)17-12(19)6-16-13(20)7-18-9-22-8-14(18)21/h3-5H,6-9H2,1-2H3,(H,16,20)(H,17,19). The number of amides is 3. The number of hydrogen-bond donors (Lipinski definition) is 2. The summed E-state index contributed by atoms with van der Waals surface area (Å²) in [6, 6.07) is 5.75. The molecule has 2 N–H and O–H groups in total. The quantitative estimate of drug-likeness (QED) is 0.844. The summed E-state index contributed by atoms with van der Waals surface area (Å²) in [4.78, 5) is 36.5. The average molecular weight is 321 g/mol. The highest BCUT2D eigenvalue weighted by Crippen LogP contribution is 2.19. The highest BCUT2D eigenvalue weighted by atomic mass is 32.2. The summed E-state index contributed by atoms with van der Waals surface area (Å²) in [5.41, 5.74) is 2.71. The van der Waals surface area contributed by atoms with Crippen LogP contribution in [0.15, 0.2) is 18.2 Å². The summed E-state index contributed by atoms with van der Waals surface area (Å²) < 4.78 is 0. The van der Waals surface area contributed by atoms with E-state index in [-0.39, 0.29) is 30.8 Å². The van der Waals surface area contributed by atoms with Gasteiger partial charge < -0.3 is 15.5 Å².